The van der Waals surface area contributed by atoms with Crippen LogP contribution in [-0.4, -0.2) is 30.5 Å². The maximum atomic E-state index is 12.1. The zero-order valence-corrected chi connectivity index (χ0v) is 16.2. The zero-order chi connectivity index (χ0) is 20.6. The number of aryl methyl sites for hydroxylation is 1. The molecule has 150 valence electrons. The average molecular weight is 394 g/mol. The highest BCUT2D eigenvalue weighted by Gasteiger charge is 2.15. The molecule has 0 fully saturated rings. The molecule has 1 aromatic heterocycles. The number of amides is 2. The van der Waals surface area contributed by atoms with Crippen molar-refractivity contribution in [3.05, 3.63) is 66.1 Å². The summed E-state index contributed by atoms with van der Waals surface area (Å²) >= 11 is 0. The molecule has 0 saturated carbocycles. The highest BCUT2D eigenvalue weighted by Crippen LogP contribution is 2.23. The largest absolute Gasteiger partial charge is 0.495 e. The number of nitrogens with zero attached hydrogens (tertiary/aromatic N) is 1. The number of carbonyl (C=O) groups excluding carboxylic acids is 2. The fourth-order valence-electron chi connectivity index (χ4n) is 2.64. The standard InChI is InChI=1S/C21H22N4O4/c1-14-17(23-21(29-14)15-8-4-3-5-9-15)12-19(26)24-25-20(27)13-22-16-10-6-7-11-18(16)28-2/h3-11,22H,12-13H2,1-2H3,(H,24,26)(H,25,27). The van der Waals surface area contributed by atoms with Gasteiger partial charge in [0, 0.05) is 5.56 Å². The summed E-state index contributed by atoms with van der Waals surface area (Å²) in [4.78, 5) is 28.5. The van der Waals surface area contributed by atoms with Gasteiger partial charge < -0.3 is 14.5 Å². The first kappa shape index (κ1) is 19.9. The first-order valence-corrected chi connectivity index (χ1v) is 9.03. The predicted octanol–water partition coefficient (Wildman–Crippen LogP) is 2.46. The fraction of sp³-hybridized carbons (Fsp3) is 0.190. The van der Waals surface area contributed by atoms with E-state index in [1.54, 1.807) is 26.2 Å². The van der Waals surface area contributed by atoms with E-state index in [-0.39, 0.29) is 13.0 Å². The molecule has 0 spiro atoms. The minimum Gasteiger partial charge on any atom is -0.495 e. The SMILES string of the molecule is COc1ccccc1NCC(=O)NNC(=O)Cc1nc(-c2ccccc2)oc1C. The Bertz CT molecular complexity index is 985. The van der Waals surface area contributed by atoms with E-state index in [1.807, 2.05) is 42.5 Å². The molecule has 1 heterocycles. The van der Waals surface area contributed by atoms with Gasteiger partial charge in [0.2, 0.25) is 11.8 Å². The molecule has 0 radical (unpaired) electrons. The molecule has 3 rings (SSSR count). The topological polar surface area (TPSA) is 105 Å². The van der Waals surface area contributed by atoms with Crippen LogP contribution < -0.4 is 20.9 Å². The number of rotatable bonds is 7. The molecule has 2 amide bonds. The Kier molecular flexibility index (Phi) is 6.47. The van der Waals surface area contributed by atoms with E-state index in [4.69, 9.17) is 9.15 Å². The number of ether oxygens (including phenoxy) is 1. The molecule has 3 aromatic rings. The van der Waals surface area contributed by atoms with Crippen LogP contribution in [0.25, 0.3) is 11.5 Å². The van der Waals surface area contributed by atoms with E-state index in [0.717, 1.165) is 5.56 Å². The molecular formula is C21H22N4O4. The van der Waals surface area contributed by atoms with Crippen LogP contribution in [0.15, 0.2) is 59.0 Å². The Hall–Kier alpha value is -3.81. The van der Waals surface area contributed by atoms with E-state index in [2.05, 4.69) is 21.2 Å². The van der Waals surface area contributed by atoms with Crippen molar-refractivity contribution in [2.75, 3.05) is 19.0 Å². The van der Waals surface area contributed by atoms with E-state index >= 15 is 0 Å². The number of hydrazine groups is 1. The zero-order valence-electron chi connectivity index (χ0n) is 16.2. The Morgan fingerprint density at radius 2 is 1.69 bits per heavy atom. The summed E-state index contributed by atoms with van der Waals surface area (Å²) in [7, 11) is 1.55. The molecule has 3 N–H and O–H groups in total. The first-order chi connectivity index (χ1) is 14.1. The van der Waals surface area contributed by atoms with Gasteiger partial charge in [-0.1, -0.05) is 30.3 Å². The maximum absolute atomic E-state index is 12.1. The van der Waals surface area contributed by atoms with Crippen molar-refractivity contribution >= 4 is 17.5 Å². The number of hydrogen-bond donors (Lipinski definition) is 3. The number of benzene rings is 2. The van der Waals surface area contributed by atoms with Crippen molar-refractivity contribution in [3.8, 4) is 17.2 Å². The number of methoxy groups -OCH3 is 1. The van der Waals surface area contributed by atoms with Gasteiger partial charge in [-0.25, -0.2) is 4.98 Å². The fourth-order valence-corrected chi connectivity index (χ4v) is 2.64. The third-order valence-electron chi connectivity index (χ3n) is 4.13. The quantitative estimate of drug-likeness (QED) is 0.532. The van der Waals surface area contributed by atoms with Crippen molar-refractivity contribution in [2.45, 2.75) is 13.3 Å². The summed E-state index contributed by atoms with van der Waals surface area (Å²) in [6.07, 6.45) is -0.0115. The Balaban J connectivity index is 1.49. The number of anilines is 1. The highest BCUT2D eigenvalue weighted by atomic mass is 16.5. The Morgan fingerprint density at radius 1 is 1.00 bits per heavy atom. The molecule has 0 unspecified atom stereocenters. The van der Waals surface area contributed by atoms with E-state index in [0.29, 0.717) is 28.8 Å². The molecule has 0 aliphatic rings. The lowest BCUT2D eigenvalue weighted by molar-refractivity contribution is -0.127. The van der Waals surface area contributed by atoms with Crippen LogP contribution in [0.5, 0.6) is 5.75 Å². The van der Waals surface area contributed by atoms with Crippen molar-refractivity contribution in [2.24, 2.45) is 0 Å². The summed E-state index contributed by atoms with van der Waals surface area (Å²) < 4.78 is 10.8. The van der Waals surface area contributed by atoms with Crippen molar-refractivity contribution in [3.63, 3.8) is 0 Å². The van der Waals surface area contributed by atoms with E-state index in [1.165, 1.54) is 0 Å². The second-order valence-electron chi connectivity index (χ2n) is 6.21. The average Bonchev–Trinajstić information content (AvgIpc) is 3.11. The van der Waals surface area contributed by atoms with Gasteiger partial charge >= 0.3 is 0 Å². The molecule has 0 saturated heterocycles. The molecule has 8 heteroatoms. The lowest BCUT2D eigenvalue weighted by atomic mass is 10.2. The van der Waals surface area contributed by atoms with E-state index < -0.39 is 11.8 Å². The Morgan fingerprint density at radius 3 is 2.45 bits per heavy atom. The number of carbonyl (C=O) groups is 2. The lowest BCUT2D eigenvalue weighted by Gasteiger charge is -2.11. The number of hydrogen-bond acceptors (Lipinski definition) is 6. The molecule has 29 heavy (non-hydrogen) atoms. The summed E-state index contributed by atoms with van der Waals surface area (Å²) in [6.45, 7) is 1.72. The third kappa shape index (κ3) is 5.35. The minimum atomic E-state index is -0.397. The van der Waals surface area contributed by atoms with Gasteiger partial charge in [0.15, 0.2) is 0 Å². The van der Waals surface area contributed by atoms with Crippen LogP contribution in [-0.2, 0) is 16.0 Å². The van der Waals surface area contributed by atoms with Gasteiger partial charge in [-0.2, -0.15) is 0 Å². The van der Waals surface area contributed by atoms with Crippen LogP contribution in [0.2, 0.25) is 0 Å². The smallest absolute Gasteiger partial charge is 0.257 e. The molecule has 0 aliphatic carbocycles. The maximum Gasteiger partial charge on any atom is 0.257 e. The van der Waals surface area contributed by atoms with Crippen molar-refractivity contribution in [1.29, 1.82) is 0 Å². The molecular weight excluding hydrogens is 372 g/mol. The Labute approximate surface area is 168 Å². The molecule has 0 bridgehead atoms. The van der Waals surface area contributed by atoms with Gasteiger partial charge in [0.05, 0.1) is 31.5 Å². The summed E-state index contributed by atoms with van der Waals surface area (Å²) in [5.41, 5.74) is 6.78. The highest BCUT2D eigenvalue weighted by molar-refractivity contribution is 5.85. The summed E-state index contributed by atoms with van der Waals surface area (Å²) in [5.74, 6) is 0.844. The number of nitrogens with one attached hydrogen (secondary N) is 3. The van der Waals surface area contributed by atoms with Crippen LogP contribution in [0.1, 0.15) is 11.5 Å². The van der Waals surface area contributed by atoms with Gasteiger partial charge in [-0.3, -0.25) is 20.4 Å². The summed E-state index contributed by atoms with van der Waals surface area (Å²) in [6, 6.07) is 16.7. The number of aromatic nitrogens is 1. The normalized spacial score (nSPS) is 10.3. The van der Waals surface area contributed by atoms with Gasteiger partial charge in [-0.05, 0) is 31.2 Å². The third-order valence-corrected chi connectivity index (χ3v) is 4.13. The number of oxazole rings is 1. The van der Waals surface area contributed by atoms with Gasteiger partial charge in [0.1, 0.15) is 11.5 Å². The predicted molar refractivity (Wildman–Crippen MR) is 108 cm³/mol. The second kappa shape index (κ2) is 9.41. The minimum absolute atomic E-state index is 0.0115. The molecule has 2 aromatic carbocycles. The lowest BCUT2D eigenvalue weighted by Crippen LogP contribution is -2.44. The monoisotopic (exact) mass is 394 g/mol. The van der Waals surface area contributed by atoms with Crippen molar-refractivity contribution < 1.29 is 18.7 Å². The number of para-hydroxylation sites is 2. The summed E-state index contributed by atoms with van der Waals surface area (Å²) in [5, 5.41) is 2.95. The van der Waals surface area contributed by atoms with Crippen LogP contribution in [0.3, 0.4) is 0 Å². The first-order valence-electron chi connectivity index (χ1n) is 9.03. The van der Waals surface area contributed by atoms with E-state index in [9.17, 15) is 9.59 Å². The van der Waals surface area contributed by atoms with Crippen LogP contribution in [0, 0.1) is 6.92 Å². The molecule has 0 aliphatic heterocycles. The van der Waals surface area contributed by atoms with Crippen molar-refractivity contribution in [1.82, 2.24) is 15.8 Å². The van der Waals surface area contributed by atoms with Gasteiger partial charge in [-0.15, -0.1) is 0 Å². The van der Waals surface area contributed by atoms with Gasteiger partial charge in [0.25, 0.3) is 5.91 Å². The second-order valence-corrected chi connectivity index (χ2v) is 6.21. The van der Waals surface area contributed by atoms with Crippen LogP contribution in [0.4, 0.5) is 5.69 Å². The molecule has 8 nitrogen and oxygen atoms in total. The van der Waals surface area contributed by atoms with Crippen LogP contribution >= 0.6 is 0 Å². The molecule has 0 atom stereocenters.